The molecule has 3 N–H and O–H groups in total. The van der Waals surface area contributed by atoms with Crippen molar-refractivity contribution in [3.63, 3.8) is 0 Å². The van der Waals surface area contributed by atoms with Gasteiger partial charge in [0.1, 0.15) is 23.1 Å². The van der Waals surface area contributed by atoms with E-state index in [1.807, 2.05) is 0 Å². The quantitative estimate of drug-likeness (QED) is 0.370. The van der Waals surface area contributed by atoms with Crippen molar-refractivity contribution in [3.05, 3.63) is 88.5 Å². The number of amides is 1. The molecule has 0 saturated heterocycles. The maximum Gasteiger partial charge on any atom is 0.416 e. The Kier molecular flexibility index (Phi) is 6.75. The molecule has 0 aromatic heterocycles. The number of aryl methyl sites for hydroxylation is 1. The third-order valence-electron chi connectivity index (χ3n) is 4.45. The summed E-state index contributed by atoms with van der Waals surface area (Å²) in [5, 5.41) is 2.40. The summed E-state index contributed by atoms with van der Waals surface area (Å²) in [5.74, 6) is 2.83. The Morgan fingerprint density at radius 3 is 2.38 bits per heavy atom. The summed E-state index contributed by atoms with van der Waals surface area (Å²) in [6.45, 7) is 1.26. The van der Waals surface area contributed by atoms with Gasteiger partial charge in [-0.3, -0.25) is 9.63 Å². The van der Waals surface area contributed by atoms with Crippen LogP contribution in [0.4, 0.5) is 27.6 Å². The van der Waals surface area contributed by atoms with Crippen molar-refractivity contribution < 1.29 is 36.3 Å². The number of ether oxygens (including phenoxy) is 1. The molecule has 0 heterocycles. The van der Waals surface area contributed by atoms with Gasteiger partial charge in [0.05, 0.1) is 17.7 Å². The molecular formula is C22H17F5N2O3. The smallest absolute Gasteiger partial charge is 0.416 e. The summed E-state index contributed by atoms with van der Waals surface area (Å²) >= 11 is 0. The van der Waals surface area contributed by atoms with E-state index in [0.29, 0.717) is 11.6 Å². The highest BCUT2D eigenvalue weighted by Crippen LogP contribution is 2.35. The molecule has 0 bridgehead atoms. The topological polar surface area (TPSA) is 73.6 Å². The Hall–Kier alpha value is -3.50. The van der Waals surface area contributed by atoms with Crippen molar-refractivity contribution in [2.45, 2.75) is 19.7 Å². The third kappa shape index (κ3) is 5.40. The van der Waals surface area contributed by atoms with Crippen molar-refractivity contribution in [2.75, 3.05) is 5.32 Å². The lowest BCUT2D eigenvalue weighted by molar-refractivity contribution is -0.137. The molecular weight excluding hydrogens is 435 g/mol. The Morgan fingerprint density at radius 1 is 1.00 bits per heavy atom. The van der Waals surface area contributed by atoms with Crippen molar-refractivity contribution in [1.29, 1.82) is 0 Å². The second-order valence-corrected chi connectivity index (χ2v) is 6.79. The van der Waals surface area contributed by atoms with Crippen LogP contribution in [0.3, 0.4) is 0 Å². The minimum atomic E-state index is -4.71. The lowest BCUT2D eigenvalue weighted by Gasteiger charge is -2.16. The highest BCUT2D eigenvalue weighted by molar-refractivity contribution is 6.06. The first-order valence-corrected chi connectivity index (χ1v) is 9.15. The zero-order valence-electron chi connectivity index (χ0n) is 16.6. The summed E-state index contributed by atoms with van der Waals surface area (Å²) < 4.78 is 72.4. The van der Waals surface area contributed by atoms with Gasteiger partial charge in [-0.05, 0) is 67.1 Å². The second-order valence-electron chi connectivity index (χ2n) is 6.79. The maximum atomic E-state index is 13.8. The van der Waals surface area contributed by atoms with E-state index in [1.54, 1.807) is 6.92 Å². The second kappa shape index (κ2) is 9.33. The lowest BCUT2D eigenvalue weighted by atomic mass is 10.1. The summed E-state index contributed by atoms with van der Waals surface area (Å²) in [6, 6.07) is 9.50. The van der Waals surface area contributed by atoms with Crippen LogP contribution in [0.2, 0.25) is 0 Å². The van der Waals surface area contributed by atoms with E-state index in [1.165, 1.54) is 24.3 Å². The Labute approximate surface area is 179 Å². The molecule has 0 atom stereocenters. The van der Waals surface area contributed by atoms with Gasteiger partial charge in [-0.15, -0.1) is 0 Å². The van der Waals surface area contributed by atoms with Crippen LogP contribution < -0.4 is 16.0 Å². The van der Waals surface area contributed by atoms with Crippen LogP contribution in [0.15, 0.2) is 54.6 Å². The van der Waals surface area contributed by atoms with Crippen molar-refractivity contribution in [3.8, 4) is 11.5 Å². The van der Waals surface area contributed by atoms with Crippen LogP contribution in [0.5, 0.6) is 11.5 Å². The zero-order valence-corrected chi connectivity index (χ0v) is 16.6. The molecule has 168 valence electrons. The Morgan fingerprint density at radius 2 is 1.72 bits per heavy atom. The van der Waals surface area contributed by atoms with Gasteiger partial charge < -0.3 is 10.1 Å². The molecule has 0 saturated carbocycles. The molecule has 0 aliphatic carbocycles. The van der Waals surface area contributed by atoms with Gasteiger partial charge in [-0.1, -0.05) is 0 Å². The molecule has 3 rings (SSSR count). The maximum absolute atomic E-state index is 13.8. The normalized spacial score (nSPS) is 11.3. The van der Waals surface area contributed by atoms with Gasteiger partial charge in [0, 0.05) is 11.3 Å². The van der Waals surface area contributed by atoms with Crippen LogP contribution in [0.25, 0.3) is 0 Å². The first-order valence-electron chi connectivity index (χ1n) is 9.15. The molecule has 0 unspecified atom stereocenters. The highest BCUT2D eigenvalue weighted by atomic mass is 19.4. The predicted octanol–water partition coefficient (Wildman–Crippen LogP) is 5.73. The molecule has 0 aliphatic rings. The molecule has 0 radical (unpaired) electrons. The molecule has 0 spiro atoms. The van der Waals surface area contributed by atoms with Gasteiger partial charge in [0.15, 0.2) is 0 Å². The van der Waals surface area contributed by atoms with E-state index >= 15 is 0 Å². The standard InChI is InChI=1S/C22H17F5N2O3/c1-12-8-15(23)3-7-19(12)32-20-6-2-14(22(25,26)27)10-17(20)21(30)29-16-4-5-18(24)13(9-16)11-31-28/h2-10H,11,28H2,1H3,(H,29,30). The van der Waals surface area contributed by atoms with Gasteiger partial charge >= 0.3 is 6.18 Å². The SMILES string of the molecule is Cc1cc(F)ccc1Oc1ccc(C(F)(F)F)cc1C(=O)Nc1ccc(F)c(CON)c1. The van der Waals surface area contributed by atoms with Crippen molar-refractivity contribution >= 4 is 11.6 Å². The molecule has 0 fully saturated rings. The predicted molar refractivity (Wildman–Crippen MR) is 106 cm³/mol. The van der Waals surface area contributed by atoms with Crippen LogP contribution in [-0.2, 0) is 17.6 Å². The molecule has 0 aliphatic heterocycles. The number of alkyl halides is 3. The monoisotopic (exact) mass is 452 g/mol. The van der Waals surface area contributed by atoms with E-state index < -0.39 is 34.8 Å². The fraction of sp³-hybridized carbons (Fsp3) is 0.136. The summed E-state index contributed by atoms with van der Waals surface area (Å²) in [7, 11) is 0. The first-order chi connectivity index (χ1) is 15.1. The Balaban J connectivity index is 1.98. The summed E-state index contributed by atoms with van der Waals surface area (Å²) in [5.41, 5.74) is -0.981. The fourth-order valence-corrected chi connectivity index (χ4v) is 2.87. The number of carbonyl (C=O) groups is 1. The lowest BCUT2D eigenvalue weighted by Crippen LogP contribution is -2.16. The number of nitrogens with one attached hydrogen (secondary N) is 1. The van der Waals surface area contributed by atoms with E-state index in [9.17, 15) is 26.7 Å². The first kappa shape index (κ1) is 23.2. The van der Waals surface area contributed by atoms with E-state index in [4.69, 9.17) is 10.6 Å². The minimum Gasteiger partial charge on any atom is -0.456 e. The molecule has 3 aromatic rings. The number of carbonyl (C=O) groups excluding carboxylic acids is 1. The summed E-state index contributed by atoms with van der Waals surface area (Å²) in [6.07, 6.45) is -4.71. The van der Waals surface area contributed by atoms with Gasteiger partial charge in [0.2, 0.25) is 0 Å². The van der Waals surface area contributed by atoms with Crippen LogP contribution in [0, 0.1) is 18.6 Å². The number of hydrogen-bond acceptors (Lipinski definition) is 4. The van der Waals surface area contributed by atoms with Crippen LogP contribution in [0.1, 0.15) is 27.0 Å². The number of anilines is 1. The van der Waals surface area contributed by atoms with Crippen molar-refractivity contribution in [2.24, 2.45) is 5.90 Å². The number of rotatable bonds is 6. The van der Waals surface area contributed by atoms with E-state index in [0.717, 1.165) is 24.3 Å². The average Bonchev–Trinajstić information content (AvgIpc) is 2.72. The third-order valence-corrected chi connectivity index (χ3v) is 4.45. The molecule has 10 heteroatoms. The molecule has 1 amide bonds. The number of benzene rings is 3. The molecule has 32 heavy (non-hydrogen) atoms. The highest BCUT2D eigenvalue weighted by Gasteiger charge is 2.32. The van der Waals surface area contributed by atoms with Gasteiger partial charge in [-0.25, -0.2) is 14.7 Å². The fourth-order valence-electron chi connectivity index (χ4n) is 2.87. The minimum absolute atomic E-state index is 0.0350. The van der Waals surface area contributed by atoms with E-state index in [2.05, 4.69) is 10.2 Å². The molecule has 3 aromatic carbocycles. The number of hydrogen-bond donors (Lipinski definition) is 2. The van der Waals surface area contributed by atoms with Gasteiger partial charge in [-0.2, -0.15) is 13.2 Å². The van der Waals surface area contributed by atoms with Crippen LogP contribution in [-0.4, -0.2) is 5.91 Å². The summed E-state index contributed by atoms with van der Waals surface area (Å²) in [4.78, 5) is 17.2. The van der Waals surface area contributed by atoms with Crippen LogP contribution >= 0.6 is 0 Å². The van der Waals surface area contributed by atoms with Crippen molar-refractivity contribution in [1.82, 2.24) is 0 Å². The number of nitrogens with two attached hydrogens (primary N) is 1. The average molecular weight is 452 g/mol. The Bertz CT molecular complexity index is 1150. The zero-order chi connectivity index (χ0) is 23.5. The largest absolute Gasteiger partial charge is 0.456 e. The molecule has 5 nitrogen and oxygen atoms in total. The number of halogens is 5. The van der Waals surface area contributed by atoms with Gasteiger partial charge in [0.25, 0.3) is 5.91 Å². The van der Waals surface area contributed by atoms with E-state index in [-0.39, 0.29) is 29.4 Å².